The normalized spacial score (nSPS) is 10.2. The van der Waals surface area contributed by atoms with Crippen LogP contribution in [-0.4, -0.2) is 21.2 Å². The standard InChI is InChI=1S/C13H11NO3S/c15-11-6-1-2-7-12(11)18-8-9-4-3-5-10(14-9)13(16)17/h1-7,15H,8H2,(H,16,17). The van der Waals surface area contributed by atoms with Gasteiger partial charge in [-0.2, -0.15) is 0 Å². The number of carboxylic acids is 1. The Morgan fingerprint density at radius 3 is 2.67 bits per heavy atom. The number of phenols is 1. The molecule has 2 rings (SSSR count). The first-order valence-electron chi connectivity index (χ1n) is 5.27. The Kier molecular flexibility index (Phi) is 3.84. The van der Waals surface area contributed by atoms with E-state index in [9.17, 15) is 9.90 Å². The van der Waals surface area contributed by atoms with Crippen LogP contribution in [0.2, 0.25) is 0 Å². The van der Waals surface area contributed by atoms with Crippen molar-refractivity contribution in [2.24, 2.45) is 0 Å². The third-order valence-corrected chi connectivity index (χ3v) is 3.36. The summed E-state index contributed by atoms with van der Waals surface area (Å²) >= 11 is 1.42. The quantitative estimate of drug-likeness (QED) is 0.828. The van der Waals surface area contributed by atoms with Crippen molar-refractivity contribution < 1.29 is 15.0 Å². The smallest absolute Gasteiger partial charge is 0.354 e. The lowest BCUT2D eigenvalue weighted by Crippen LogP contribution is -2.01. The van der Waals surface area contributed by atoms with Gasteiger partial charge in [-0.3, -0.25) is 0 Å². The molecule has 0 unspecified atom stereocenters. The number of phenolic OH excluding ortho intramolecular Hbond substituents is 1. The fourth-order valence-electron chi connectivity index (χ4n) is 1.41. The Balaban J connectivity index is 2.09. The van der Waals surface area contributed by atoms with Gasteiger partial charge in [0.1, 0.15) is 11.4 Å². The number of rotatable bonds is 4. The highest BCUT2D eigenvalue weighted by Gasteiger charge is 2.06. The molecule has 5 heteroatoms. The summed E-state index contributed by atoms with van der Waals surface area (Å²) in [7, 11) is 0. The molecule has 2 aromatic rings. The summed E-state index contributed by atoms with van der Waals surface area (Å²) in [5.74, 6) is -0.306. The third-order valence-electron chi connectivity index (χ3n) is 2.27. The van der Waals surface area contributed by atoms with E-state index in [0.29, 0.717) is 11.4 Å². The van der Waals surface area contributed by atoms with E-state index in [1.165, 1.54) is 17.8 Å². The van der Waals surface area contributed by atoms with Crippen molar-refractivity contribution in [2.75, 3.05) is 0 Å². The SMILES string of the molecule is O=C(O)c1cccc(CSc2ccccc2O)n1. The number of benzene rings is 1. The zero-order chi connectivity index (χ0) is 13.0. The van der Waals surface area contributed by atoms with E-state index in [1.54, 1.807) is 30.3 Å². The first kappa shape index (κ1) is 12.4. The lowest BCUT2D eigenvalue weighted by Gasteiger charge is -2.04. The van der Waals surface area contributed by atoms with Crippen LogP contribution in [-0.2, 0) is 5.75 Å². The number of thioether (sulfide) groups is 1. The Hall–Kier alpha value is -2.01. The number of nitrogens with zero attached hydrogens (tertiary/aromatic N) is 1. The second-order valence-electron chi connectivity index (χ2n) is 3.58. The molecule has 18 heavy (non-hydrogen) atoms. The number of hydrogen-bond acceptors (Lipinski definition) is 4. The molecule has 0 fully saturated rings. The molecule has 0 bridgehead atoms. The van der Waals surface area contributed by atoms with E-state index in [-0.39, 0.29) is 11.4 Å². The van der Waals surface area contributed by atoms with Crippen molar-refractivity contribution in [1.82, 2.24) is 4.98 Å². The maximum atomic E-state index is 10.8. The summed E-state index contributed by atoms with van der Waals surface area (Å²) in [6.07, 6.45) is 0. The van der Waals surface area contributed by atoms with Crippen LogP contribution in [0, 0.1) is 0 Å². The van der Waals surface area contributed by atoms with Crippen LogP contribution in [0.3, 0.4) is 0 Å². The van der Waals surface area contributed by atoms with Crippen LogP contribution in [0.5, 0.6) is 5.75 Å². The molecule has 0 atom stereocenters. The van der Waals surface area contributed by atoms with Crippen LogP contribution in [0.4, 0.5) is 0 Å². The minimum Gasteiger partial charge on any atom is -0.507 e. The maximum absolute atomic E-state index is 10.8. The fourth-order valence-corrected chi connectivity index (χ4v) is 2.26. The van der Waals surface area contributed by atoms with Crippen molar-refractivity contribution in [3.05, 3.63) is 53.9 Å². The summed E-state index contributed by atoms with van der Waals surface area (Å²) in [6, 6.07) is 11.9. The summed E-state index contributed by atoms with van der Waals surface area (Å²) in [5, 5.41) is 18.4. The van der Waals surface area contributed by atoms with Gasteiger partial charge in [0.25, 0.3) is 0 Å². The van der Waals surface area contributed by atoms with Crippen LogP contribution in [0.1, 0.15) is 16.2 Å². The highest BCUT2D eigenvalue weighted by atomic mass is 32.2. The molecule has 2 N–H and O–H groups in total. The molecule has 1 heterocycles. The van der Waals surface area contributed by atoms with Crippen molar-refractivity contribution in [1.29, 1.82) is 0 Å². The lowest BCUT2D eigenvalue weighted by atomic mass is 10.3. The number of para-hydroxylation sites is 1. The van der Waals surface area contributed by atoms with Crippen LogP contribution in [0.15, 0.2) is 47.4 Å². The van der Waals surface area contributed by atoms with Gasteiger partial charge < -0.3 is 10.2 Å². The number of hydrogen-bond donors (Lipinski definition) is 2. The number of aromatic hydroxyl groups is 1. The van der Waals surface area contributed by atoms with Gasteiger partial charge in [-0.25, -0.2) is 9.78 Å². The molecule has 92 valence electrons. The van der Waals surface area contributed by atoms with Gasteiger partial charge in [0.2, 0.25) is 0 Å². The second-order valence-corrected chi connectivity index (χ2v) is 4.59. The van der Waals surface area contributed by atoms with Crippen molar-refractivity contribution in [3.63, 3.8) is 0 Å². The molecule has 1 aromatic heterocycles. The number of carbonyl (C=O) groups is 1. The van der Waals surface area contributed by atoms with Gasteiger partial charge in [-0.05, 0) is 24.3 Å². The van der Waals surface area contributed by atoms with E-state index in [2.05, 4.69) is 4.98 Å². The van der Waals surface area contributed by atoms with Gasteiger partial charge in [-0.1, -0.05) is 18.2 Å². The van der Waals surface area contributed by atoms with E-state index in [1.807, 2.05) is 6.07 Å². The third kappa shape index (κ3) is 3.01. The maximum Gasteiger partial charge on any atom is 0.354 e. The fraction of sp³-hybridized carbons (Fsp3) is 0.0769. The summed E-state index contributed by atoms with van der Waals surface area (Å²) in [6.45, 7) is 0. The summed E-state index contributed by atoms with van der Waals surface area (Å²) in [4.78, 5) is 15.5. The van der Waals surface area contributed by atoms with Crippen LogP contribution in [0.25, 0.3) is 0 Å². The minimum absolute atomic E-state index is 0.0328. The molecule has 0 aliphatic carbocycles. The average molecular weight is 261 g/mol. The summed E-state index contributed by atoms with van der Waals surface area (Å²) in [5.41, 5.74) is 0.702. The zero-order valence-electron chi connectivity index (χ0n) is 9.41. The van der Waals surface area contributed by atoms with E-state index in [0.717, 1.165) is 4.90 Å². The molecule has 4 nitrogen and oxygen atoms in total. The Bertz CT molecular complexity index is 572. The van der Waals surface area contributed by atoms with Gasteiger partial charge in [-0.15, -0.1) is 11.8 Å². The highest BCUT2D eigenvalue weighted by molar-refractivity contribution is 7.98. The molecule has 0 spiro atoms. The van der Waals surface area contributed by atoms with E-state index < -0.39 is 5.97 Å². The predicted molar refractivity (Wildman–Crippen MR) is 68.9 cm³/mol. The Labute approximate surface area is 108 Å². The molecule has 0 aliphatic heterocycles. The van der Waals surface area contributed by atoms with E-state index in [4.69, 9.17) is 5.11 Å². The monoisotopic (exact) mass is 261 g/mol. The van der Waals surface area contributed by atoms with Gasteiger partial charge in [0, 0.05) is 10.6 Å². The highest BCUT2D eigenvalue weighted by Crippen LogP contribution is 2.29. The number of aromatic nitrogens is 1. The summed E-state index contributed by atoms with van der Waals surface area (Å²) < 4.78 is 0. The molecule has 0 aliphatic rings. The van der Waals surface area contributed by atoms with Crippen LogP contribution >= 0.6 is 11.8 Å². The van der Waals surface area contributed by atoms with Crippen molar-refractivity contribution >= 4 is 17.7 Å². The average Bonchev–Trinajstić information content (AvgIpc) is 2.38. The number of pyridine rings is 1. The van der Waals surface area contributed by atoms with Crippen molar-refractivity contribution in [3.8, 4) is 5.75 Å². The van der Waals surface area contributed by atoms with Gasteiger partial charge >= 0.3 is 5.97 Å². The number of aromatic carboxylic acids is 1. The Morgan fingerprint density at radius 2 is 1.94 bits per heavy atom. The number of carboxylic acid groups (broad SMARTS) is 1. The van der Waals surface area contributed by atoms with Gasteiger partial charge in [0.15, 0.2) is 0 Å². The molecule has 0 amide bonds. The lowest BCUT2D eigenvalue weighted by molar-refractivity contribution is 0.0690. The minimum atomic E-state index is -1.04. The Morgan fingerprint density at radius 1 is 1.17 bits per heavy atom. The molecule has 0 radical (unpaired) electrons. The first-order chi connectivity index (χ1) is 8.66. The molecule has 0 saturated heterocycles. The molecule has 1 aromatic carbocycles. The molecular formula is C13H11NO3S. The second kappa shape index (κ2) is 5.55. The predicted octanol–water partition coefficient (Wildman–Crippen LogP) is 2.78. The first-order valence-corrected chi connectivity index (χ1v) is 6.25. The topological polar surface area (TPSA) is 70.4 Å². The van der Waals surface area contributed by atoms with Crippen molar-refractivity contribution in [2.45, 2.75) is 10.6 Å². The zero-order valence-corrected chi connectivity index (χ0v) is 10.2. The molecular weight excluding hydrogens is 250 g/mol. The molecule has 0 saturated carbocycles. The van der Waals surface area contributed by atoms with Gasteiger partial charge in [0.05, 0.1) is 5.69 Å². The largest absolute Gasteiger partial charge is 0.507 e. The van der Waals surface area contributed by atoms with E-state index >= 15 is 0 Å². The van der Waals surface area contributed by atoms with Crippen LogP contribution < -0.4 is 0 Å².